The van der Waals surface area contributed by atoms with Gasteiger partial charge >= 0.3 is 5.97 Å². The molecule has 0 aromatic carbocycles. The maximum Gasteiger partial charge on any atom is 0.312 e. The molecule has 1 saturated carbocycles. The number of nitrogens with zero attached hydrogens (tertiary/aromatic N) is 1. The fourth-order valence-electron chi connectivity index (χ4n) is 1.74. The van der Waals surface area contributed by atoms with Gasteiger partial charge in [0.25, 0.3) is 0 Å². The molecule has 0 spiro atoms. The molecule has 0 atom stereocenters. The largest absolute Gasteiger partial charge is 0.460 e. The monoisotopic (exact) mass is 222 g/mol. The first kappa shape index (κ1) is 11.2. The summed E-state index contributed by atoms with van der Waals surface area (Å²) in [6, 6.07) is 0. The van der Waals surface area contributed by atoms with Crippen molar-refractivity contribution < 1.29 is 9.53 Å². The molecule has 0 aliphatic heterocycles. The van der Waals surface area contributed by atoms with Gasteiger partial charge in [-0.15, -0.1) is 0 Å². The molecule has 1 heterocycles. The predicted octanol–water partition coefficient (Wildman–Crippen LogP) is 2.07. The maximum absolute atomic E-state index is 12.0. The van der Waals surface area contributed by atoms with E-state index in [1.165, 1.54) is 0 Å². The van der Waals surface area contributed by atoms with E-state index in [4.69, 9.17) is 4.74 Å². The van der Waals surface area contributed by atoms with Gasteiger partial charge in [0.1, 0.15) is 5.60 Å². The summed E-state index contributed by atoms with van der Waals surface area (Å²) in [6.07, 6.45) is 5.95. The van der Waals surface area contributed by atoms with Crippen LogP contribution in [0.2, 0.25) is 0 Å². The van der Waals surface area contributed by atoms with Gasteiger partial charge in [0.05, 0.1) is 11.7 Å². The van der Waals surface area contributed by atoms with Gasteiger partial charge < -0.3 is 9.72 Å². The van der Waals surface area contributed by atoms with Crippen LogP contribution in [0.5, 0.6) is 0 Å². The topological polar surface area (TPSA) is 55.0 Å². The first-order valence-electron chi connectivity index (χ1n) is 5.62. The van der Waals surface area contributed by atoms with Gasteiger partial charge in [-0.3, -0.25) is 4.79 Å². The van der Waals surface area contributed by atoms with Crippen molar-refractivity contribution in [3.63, 3.8) is 0 Å². The number of aromatic amines is 1. The molecular formula is C12H18N2O2. The molecule has 16 heavy (non-hydrogen) atoms. The Morgan fingerprint density at radius 2 is 2.25 bits per heavy atom. The first-order valence-corrected chi connectivity index (χ1v) is 5.62. The standard InChI is InChI=1S/C12H18N2O2/c1-11(2,3)16-10(15)12(4-5-12)6-9-7-13-8-14-9/h7-8H,4-6H2,1-3H3,(H,13,14). The molecule has 0 radical (unpaired) electrons. The van der Waals surface area contributed by atoms with Gasteiger partial charge in [0, 0.05) is 18.3 Å². The minimum Gasteiger partial charge on any atom is -0.460 e. The third-order valence-electron chi connectivity index (χ3n) is 2.77. The number of ether oxygens (including phenoxy) is 1. The quantitative estimate of drug-likeness (QED) is 0.796. The molecule has 1 aliphatic rings. The molecule has 2 rings (SSSR count). The average Bonchev–Trinajstić information content (AvgIpc) is 2.72. The SMILES string of the molecule is CC(C)(C)OC(=O)C1(Cc2cnc[nH]2)CC1. The highest BCUT2D eigenvalue weighted by Gasteiger charge is 2.52. The highest BCUT2D eigenvalue weighted by atomic mass is 16.6. The van der Waals surface area contributed by atoms with Crippen LogP contribution in [-0.4, -0.2) is 21.5 Å². The Labute approximate surface area is 95.4 Å². The number of carbonyl (C=O) groups excluding carboxylic acids is 1. The van der Waals surface area contributed by atoms with Crippen molar-refractivity contribution in [1.82, 2.24) is 9.97 Å². The lowest BCUT2D eigenvalue weighted by atomic mass is 10.0. The lowest BCUT2D eigenvalue weighted by molar-refractivity contribution is -0.161. The van der Waals surface area contributed by atoms with Crippen molar-refractivity contribution in [2.24, 2.45) is 5.41 Å². The zero-order valence-electron chi connectivity index (χ0n) is 10.0. The maximum atomic E-state index is 12.0. The Kier molecular flexibility index (Phi) is 2.52. The summed E-state index contributed by atoms with van der Waals surface area (Å²) in [5.74, 6) is -0.0744. The molecule has 1 aliphatic carbocycles. The molecule has 1 N–H and O–H groups in total. The number of hydrogen-bond acceptors (Lipinski definition) is 3. The van der Waals surface area contributed by atoms with Gasteiger partial charge in [0.15, 0.2) is 0 Å². The summed E-state index contributed by atoms with van der Waals surface area (Å²) in [7, 11) is 0. The summed E-state index contributed by atoms with van der Waals surface area (Å²) in [4.78, 5) is 19.0. The number of H-pyrrole nitrogens is 1. The van der Waals surface area contributed by atoms with Crippen LogP contribution in [-0.2, 0) is 16.0 Å². The van der Waals surface area contributed by atoms with Gasteiger partial charge in [-0.05, 0) is 33.6 Å². The van der Waals surface area contributed by atoms with Crippen molar-refractivity contribution in [2.75, 3.05) is 0 Å². The number of carbonyl (C=O) groups is 1. The Morgan fingerprint density at radius 1 is 1.56 bits per heavy atom. The number of hydrogen-bond donors (Lipinski definition) is 1. The van der Waals surface area contributed by atoms with Gasteiger partial charge in [-0.25, -0.2) is 4.98 Å². The van der Waals surface area contributed by atoms with Crippen molar-refractivity contribution in [2.45, 2.75) is 45.6 Å². The van der Waals surface area contributed by atoms with Crippen LogP contribution in [0.25, 0.3) is 0 Å². The van der Waals surface area contributed by atoms with Gasteiger partial charge in [0.2, 0.25) is 0 Å². The molecule has 4 nitrogen and oxygen atoms in total. The van der Waals surface area contributed by atoms with Crippen LogP contribution in [0.4, 0.5) is 0 Å². The minimum atomic E-state index is -0.402. The molecule has 1 fully saturated rings. The number of nitrogens with one attached hydrogen (secondary N) is 1. The third-order valence-corrected chi connectivity index (χ3v) is 2.77. The van der Waals surface area contributed by atoms with Crippen LogP contribution >= 0.6 is 0 Å². The molecule has 0 bridgehead atoms. The van der Waals surface area contributed by atoms with Crippen LogP contribution in [0.15, 0.2) is 12.5 Å². The molecule has 1 aromatic heterocycles. The molecule has 0 amide bonds. The van der Waals surface area contributed by atoms with Crippen LogP contribution in [0, 0.1) is 5.41 Å². The van der Waals surface area contributed by atoms with E-state index >= 15 is 0 Å². The lowest BCUT2D eigenvalue weighted by Gasteiger charge is -2.23. The minimum absolute atomic E-state index is 0.0744. The van der Waals surface area contributed by atoms with Crippen molar-refractivity contribution in [3.8, 4) is 0 Å². The first-order chi connectivity index (χ1) is 7.41. The Balaban J connectivity index is 2.00. The van der Waals surface area contributed by atoms with Gasteiger partial charge in [-0.1, -0.05) is 0 Å². The van der Waals surface area contributed by atoms with Crippen LogP contribution in [0.3, 0.4) is 0 Å². The fourth-order valence-corrected chi connectivity index (χ4v) is 1.74. The summed E-state index contributed by atoms with van der Waals surface area (Å²) in [5.41, 5.74) is 0.309. The van der Waals surface area contributed by atoms with Crippen LogP contribution in [0.1, 0.15) is 39.3 Å². The normalized spacial score (nSPS) is 18.2. The second kappa shape index (κ2) is 3.61. The van der Waals surface area contributed by atoms with Gasteiger partial charge in [-0.2, -0.15) is 0 Å². The fraction of sp³-hybridized carbons (Fsp3) is 0.667. The van der Waals surface area contributed by atoms with E-state index in [1.807, 2.05) is 20.8 Å². The number of esters is 1. The zero-order valence-corrected chi connectivity index (χ0v) is 10.0. The van der Waals surface area contributed by atoms with E-state index < -0.39 is 5.60 Å². The third kappa shape index (κ3) is 2.43. The number of aromatic nitrogens is 2. The summed E-state index contributed by atoms with van der Waals surface area (Å²) >= 11 is 0. The molecule has 4 heteroatoms. The lowest BCUT2D eigenvalue weighted by Crippen LogP contribution is -2.30. The van der Waals surface area contributed by atoms with E-state index in [1.54, 1.807) is 12.5 Å². The molecule has 1 aromatic rings. The number of imidazole rings is 1. The van der Waals surface area contributed by atoms with E-state index in [0.717, 1.165) is 18.5 Å². The van der Waals surface area contributed by atoms with E-state index in [2.05, 4.69) is 9.97 Å². The summed E-state index contributed by atoms with van der Waals surface area (Å²) in [6.45, 7) is 5.70. The average molecular weight is 222 g/mol. The Hall–Kier alpha value is -1.32. The Morgan fingerprint density at radius 3 is 2.69 bits per heavy atom. The smallest absolute Gasteiger partial charge is 0.312 e. The van der Waals surface area contributed by atoms with Crippen molar-refractivity contribution in [1.29, 1.82) is 0 Å². The van der Waals surface area contributed by atoms with Crippen molar-refractivity contribution in [3.05, 3.63) is 18.2 Å². The van der Waals surface area contributed by atoms with E-state index in [9.17, 15) is 4.79 Å². The summed E-state index contributed by atoms with van der Waals surface area (Å²) < 4.78 is 5.44. The molecule has 0 saturated heterocycles. The highest BCUT2D eigenvalue weighted by molar-refractivity contribution is 5.80. The second-order valence-corrected chi connectivity index (χ2v) is 5.54. The predicted molar refractivity (Wildman–Crippen MR) is 59.8 cm³/mol. The van der Waals surface area contributed by atoms with Crippen LogP contribution < -0.4 is 0 Å². The zero-order chi connectivity index (χ0) is 11.8. The summed E-state index contributed by atoms with van der Waals surface area (Å²) in [5, 5.41) is 0. The number of rotatable bonds is 3. The van der Waals surface area contributed by atoms with Crippen molar-refractivity contribution >= 4 is 5.97 Å². The molecular weight excluding hydrogens is 204 g/mol. The molecule has 0 unspecified atom stereocenters. The second-order valence-electron chi connectivity index (χ2n) is 5.54. The Bertz CT molecular complexity index is 372. The molecule has 88 valence electrons. The highest BCUT2D eigenvalue weighted by Crippen LogP contribution is 2.49. The van der Waals surface area contributed by atoms with E-state index in [0.29, 0.717) is 6.42 Å². The van der Waals surface area contributed by atoms with E-state index in [-0.39, 0.29) is 11.4 Å².